The van der Waals surface area contributed by atoms with Gasteiger partial charge in [-0.25, -0.2) is 8.42 Å². The van der Waals surface area contributed by atoms with Crippen LogP contribution in [0.2, 0.25) is 0 Å². The lowest BCUT2D eigenvalue weighted by Crippen LogP contribution is -2.52. The maximum Gasteiger partial charge on any atom is 0.244 e. The summed E-state index contributed by atoms with van der Waals surface area (Å²) in [5.74, 6) is 0.473. The van der Waals surface area contributed by atoms with Crippen molar-refractivity contribution >= 4 is 21.6 Å². The molecular weight excluding hydrogens is 424 g/mol. The Morgan fingerprint density at radius 3 is 2.31 bits per heavy atom. The summed E-state index contributed by atoms with van der Waals surface area (Å²) in [5.41, 5.74) is 2.08. The van der Waals surface area contributed by atoms with Gasteiger partial charge in [0.25, 0.3) is 0 Å². The van der Waals surface area contributed by atoms with Crippen LogP contribution in [0.4, 0.5) is 5.69 Å². The highest BCUT2D eigenvalue weighted by Crippen LogP contribution is 2.42. The Bertz CT molecular complexity index is 1050. The SMILES string of the molecule is CCC(C(=O)NC1CC(CC)(CC)Oc2ccccc21)N(c1ccc(C)cc1)S(C)(=O)=O. The van der Waals surface area contributed by atoms with Gasteiger partial charge in [0.15, 0.2) is 0 Å². The van der Waals surface area contributed by atoms with E-state index in [0.717, 1.165) is 36.0 Å². The third-order valence-corrected chi connectivity index (χ3v) is 7.60. The quantitative estimate of drug-likeness (QED) is 0.620. The van der Waals surface area contributed by atoms with Gasteiger partial charge in [0.2, 0.25) is 15.9 Å². The predicted molar refractivity (Wildman–Crippen MR) is 128 cm³/mol. The molecule has 0 bridgehead atoms. The fraction of sp³-hybridized carbons (Fsp3) is 0.480. The average Bonchev–Trinajstić information content (AvgIpc) is 2.77. The number of benzene rings is 2. The Morgan fingerprint density at radius 2 is 1.75 bits per heavy atom. The molecule has 174 valence electrons. The lowest BCUT2D eigenvalue weighted by Gasteiger charge is -2.42. The number of para-hydroxylation sites is 1. The number of ether oxygens (including phenoxy) is 1. The number of fused-ring (bicyclic) bond motifs is 1. The van der Waals surface area contributed by atoms with Crippen molar-refractivity contribution in [2.45, 2.75) is 71.1 Å². The highest BCUT2D eigenvalue weighted by atomic mass is 32.2. The molecule has 1 aliphatic heterocycles. The number of hydrogen-bond acceptors (Lipinski definition) is 4. The zero-order chi connectivity index (χ0) is 23.5. The summed E-state index contributed by atoms with van der Waals surface area (Å²) in [4.78, 5) is 13.5. The van der Waals surface area contributed by atoms with E-state index in [0.29, 0.717) is 18.5 Å². The number of nitrogens with one attached hydrogen (secondary N) is 1. The fourth-order valence-electron chi connectivity index (χ4n) is 4.45. The zero-order valence-corrected chi connectivity index (χ0v) is 20.4. The zero-order valence-electron chi connectivity index (χ0n) is 19.6. The third kappa shape index (κ3) is 4.93. The largest absolute Gasteiger partial charge is 0.487 e. The van der Waals surface area contributed by atoms with Gasteiger partial charge >= 0.3 is 0 Å². The minimum atomic E-state index is -3.67. The van der Waals surface area contributed by atoms with Gasteiger partial charge in [0.1, 0.15) is 17.4 Å². The van der Waals surface area contributed by atoms with Crippen molar-refractivity contribution in [1.29, 1.82) is 0 Å². The molecule has 1 heterocycles. The van der Waals surface area contributed by atoms with Gasteiger partial charge in [-0.2, -0.15) is 0 Å². The van der Waals surface area contributed by atoms with Gasteiger partial charge in [-0.3, -0.25) is 9.10 Å². The summed E-state index contributed by atoms with van der Waals surface area (Å²) in [6.45, 7) is 7.95. The Hall–Kier alpha value is -2.54. The summed E-state index contributed by atoms with van der Waals surface area (Å²) < 4.78 is 33.0. The van der Waals surface area contributed by atoms with E-state index in [-0.39, 0.29) is 17.6 Å². The fourth-order valence-corrected chi connectivity index (χ4v) is 5.66. The van der Waals surface area contributed by atoms with Crippen molar-refractivity contribution in [3.8, 4) is 5.75 Å². The molecular formula is C25H34N2O4S. The first-order valence-electron chi connectivity index (χ1n) is 11.3. The van der Waals surface area contributed by atoms with Crippen LogP contribution in [0.25, 0.3) is 0 Å². The standard InChI is InChI=1S/C25H34N2O4S/c1-6-22(27(32(5,29)30)19-15-13-18(4)14-16-19)24(28)26-21-17-25(7-2,8-3)31-23-12-10-9-11-20(21)23/h9-16,21-22H,6-8,17H2,1-5H3,(H,26,28). The summed E-state index contributed by atoms with van der Waals surface area (Å²) in [6, 6.07) is 13.8. The Labute approximate surface area is 192 Å². The smallest absolute Gasteiger partial charge is 0.244 e. The maximum atomic E-state index is 13.5. The van der Waals surface area contributed by atoms with Gasteiger partial charge < -0.3 is 10.1 Å². The van der Waals surface area contributed by atoms with Crippen molar-refractivity contribution in [3.05, 3.63) is 59.7 Å². The average molecular weight is 459 g/mol. The van der Waals surface area contributed by atoms with Crippen LogP contribution in [0.3, 0.4) is 0 Å². The first-order valence-corrected chi connectivity index (χ1v) is 13.1. The second-order valence-corrected chi connectivity index (χ2v) is 10.5. The molecule has 2 atom stereocenters. The Balaban J connectivity index is 1.95. The number of rotatable bonds is 8. The molecule has 7 heteroatoms. The third-order valence-electron chi connectivity index (χ3n) is 6.42. The van der Waals surface area contributed by atoms with Crippen molar-refractivity contribution < 1.29 is 17.9 Å². The highest BCUT2D eigenvalue weighted by molar-refractivity contribution is 7.92. The molecule has 3 rings (SSSR count). The molecule has 0 aromatic heterocycles. The lowest BCUT2D eigenvalue weighted by atomic mass is 9.83. The van der Waals surface area contributed by atoms with Crippen LogP contribution in [0.1, 0.15) is 63.6 Å². The normalized spacial score (nSPS) is 18.2. The second kappa shape index (κ2) is 9.53. The van der Waals surface area contributed by atoms with Crippen LogP contribution < -0.4 is 14.4 Å². The van der Waals surface area contributed by atoms with Crippen LogP contribution in [0.5, 0.6) is 5.75 Å². The summed E-state index contributed by atoms with van der Waals surface area (Å²) in [5, 5.41) is 3.16. The Morgan fingerprint density at radius 1 is 1.12 bits per heavy atom. The number of carbonyl (C=O) groups is 1. The van der Waals surface area contributed by atoms with E-state index in [1.54, 1.807) is 12.1 Å². The van der Waals surface area contributed by atoms with Gasteiger partial charge in [-0.15, -0.1) is 0 Å². The minimum Gasteiger partial charge on any atom is -0.487 e. The Kier molecular flexibility index (Phi) is 7.18. The van der Waals surface area contributed by atoms with E-state index in [9.17, 15) is 13.2 Å². The molecule has 1 aliphatic rings. The molecule has 32 heavy (non-hydrogen) atoms. The maximum absolute atomic E-state index is 13.5. The summed E-state index contributed by atoms with van der Waals surface area (Å²) in [6.07, 6.45) is 3.78. The molecule has 0 radical (unpaired) electrons. The van der Waals surface area contributed by atoms with Crippen molar-refractivity contribution in [2.24, 2.45) is 0 Å². The first-order chi connectivity index (χ1) is 15.1. The number of carbonyl (C=O) groups excluding carboxylic acids is 1. The molecule has 2 unspecified atom stereocenters. The van der Waals surface area contributed by atoms with E-state index in [1.807, 2.05) is 50.2 Å². The van der Waals surface area contributed by atoms with Crippen LogP contribution >= 0.6 is 0 Å². The number of amides is 1. The number of nitrogens with zero attached hydrogens (tertiary/aromatic N) is 1. The van der Waals surface area contributed by atoms with Gasteiger partial charge in [0, 0.05) is 12.0 Å². The number of hydrogen-bond donors (Lipinski definition) is 1. The number of sulfonamides is 1. The lowest BCUT2D eigenvalue weighted by molar-refractivity contribution is -0.123. The van der Waals surface area contributed by atoms with E-state index in [2.05, 4.69) is 19.2 Å². The molecule has 6 nitrogen and oxygen atoms in total. The van der Waals surface area contributed by atoms with E-state index >= 15 is 0 Å². The van der Waals surface area contributed by atoms with Crippen molar-refractivity contribution in [1.82, 2.24) is 5.32 Å². The monoisotopic (exact) mass is 458 g/mol. The first kappa shape index (κ1) is 24.1. The van der Waals surface area contributed by atoms with Crippen molar-refractivity contribution in [3.63, 3.8) is 0 Å². The molecule has 2 aromatic rings. The summed E-state index contributed by atoms with van der Waals surface area (Å²) in [7, 11) is -3.67. The molecule has 0 saturated carbocycles. The topological polar surface area (TPSA) is 75.7 Å². The van der Waals surface area contributed by atoms with Gasteiger partial charge in [0.05, 0.1) is 18.0 Å². The highest BCUT2D eigenvalue weighted by Gasteiger charge is 2.40. The molecule has 0 spiro atoms. The van der Waals surface area contributed by atoms with Crippen LogP contribution in [-0.2, 0) is 14.8 Å². The summed E-state index contributed by atoms with van der Waals surface area (Å²) >= 11 is 0. The number of anilines is 1. The molecule has 0 aliphatic carbocycles. The van der Waals surface area contributed by atoms with E-state index < -0.39 is 16.1 Å². The molecule has 1 amide bonds. The molecule has 0 fully saturated rings. The van der Waals surface area contributed by atoms with Crippen LogP contribution in [-0.4, -0.2) is 32.2 Å². The van der Waals surface area contributed by atoms with E-state index in [4.69, 9.17) is 4.74 Å². The minimum absolute atomic E-state index is 0.249. The van der Waals surface area contributed by atoms with E-state index in [1.165, 1.54) is 4.31 Å². The molecule has 1 N–H and O–H groups in total. The molecule has 0 saturated heterocycles. The van der Waals surface area contributed by atoms with Crippen LogP contribution in [0.15, 0.2) is 48.5 Å². The van der Waals surface area contributed by atoms with Gasteiger partial charge in [-0.1, -0.05) is 56.7 Å². The van der Waals surface area contributed by atoms with Gasteiger partial charge in [-0.05, 0) is 44.4 Å². The molecule has 2 aromatic carbocycles. The van der Waals surface area contributed by atoms with Crippen LogP contribution in [0, 0.1) is 6.92 Å². The second-order valence-electron chi connectivity index (χ2n) is 8.61. The number of aryl methyl sites for hydroxylation is 1. The predicted octanol–water partition coefficient (Wildman–Crippen LogP) is 4.74. The van der Waals surface area contributed by atoms with Crippen molar-refractivity contribution in [2.75, 3.05) is 10.6 Å².